The van der Waals surface area contributed by atoms with Gasteiger partial charge in [-0.05, 0) is 24.7 Å². The zero-order valence-corrected chi connectivity index (χ0v) is 8.37. The van der Waals surface area contributed by atoms with Crippen LogP contribution in [-0.4, -0.2) is 28.7 Å². The minimum Gasteiger partial charge on any atom is -0.387 e. The monoisotopic (exact) mass is 207 g/mol. The molecule has 1 aromatic carbocycles. The van der Waals surface area contributed by atoms with Gasteiger partial charge in [0.2, 0.25) is 0 Å². The van der Waals surface area contributed by atoms with Crippen molar-refractivity contribution in [3.63, 3.8) is 0 Å². The number of likely N-dealkylation sites (N-methyl/N-ethyl adjacent to an activating group) is 1. The third kappa shape index (κ3) is 1.93. The molecule has 1 aromatic heterocycles. The molecular formula is C10H13N3O2. The summed E-state index contributed by atoms with van der Waals surface area (Å²) in [5.74, 6) is 0. The molecule has 4 N–H and O–H groups in total. The summed E-state index contributed by atoms with van der Waals surface area (Å²) in [6.45, 7) is 0.486. The molecule has 0 fully saturated rings. The van der Waals surface area contributed by atoms with Gasteiger partial charge in [-0.2, -0.15) is 0 Å². The first-order chi connectivity index (χ1) is 7.20. The fourth-order valence-electron chi connectivity index (χ4n) is 1.57. The number of benzene rings is 1. The number of fused-ring (bicyclic) bond motifs is 1. The first kappa shape index (κ1) is 9.95. The molecule has 0 radical (unpaired) electrons. The molecule has 0 amide bonds. The third-order valence-electron chi connectivity index (χ3n) is 2.32. The Labute approximate surface area is 86.1 Å². The van der Waals surface area contributed by atoms with Crippen molar-refractivity contribution in [2.45, 2.75) is 6.10 Å². The van der Waals surface area contributed by atoms with Crippen LogP contribution in [0.25, 0.3) is 11.0 Å². The van der Waals surface area contributed by atoms with E-state index in [1.54, 1.807) is 25.2 Å². The summed E-state index contributed by atoms with van der Waals surface area (Å²) in [5, 5.41) is 12.6. The first-order valence-corrected chi connectivity index (χ1v) is 4.75. The van der Waals surface area contributed by atoms with Crippen LogP contribution in [0.1, 0.15) is 11.7 Å². The van der Waals surface area contributed by atoms with Crippen molar-refractivity contribution in [1.82, 2.24) is 15.3 Å². The lowest BCUT2D eigenvalue weighted by molar-refractivity contribution is 0.178. The van der Waals surface area contributed by atoms with Gasteiger partial charge in [-0.15, -0.1) is 0 Å². The molecule has 80 valence electrons. The highest BCUT2D eigenvalue weighted by atomic mass is 16.3. The maximum absolute atomic E-state index is 11.0. The summed E-state index contributed by atoms with van der Waals surface area (Å²) in [7, 11) is 1.78. The molecule has 1 atom stereocenters. The highest BCUT2D eigenvalue weighted by Gasteiger charge is 2.07. The van der Waals surface area contributed by atoms with Gasteiger partial charge in [0.25, 0.3) is 0 Å². The standard InChI is InChI=1S/C10H13N3O2/c1-11-5-9(14)6-2-3-7-8(4-6)13-10(15)12-7/h2-4,9,11,14H,5H2,1H3,(H2,12,13,15). The molecule has 1 heterocycles. The van der Waals surface area contributed by atoms with Gasteiger partial charge in [0.05, 0.1) is 17.1 Å². The Morgan fingerprint density at radius 1 is 1.40 bits per heavy atom. The number of imidazole rings is 1. The molecule has 0 aliphatic rings. The Morgan fingerprint density at radius 2 is 2.13 bits per heavy atom. The minimum atomic E-state index is -0.558. The average Bonchev–Trinajstić information content (AvgIpc) is 2.57. The lowest BCUT2D eigenvalue weighted by Gasteiger charge is -2.09. The number of aliphatic hydroxyl groups is 1. The van der Waals surface area contributed by atoms with E-state index in [0.717, 1.165) is 11.1 Å². The van der Waals surface area contributed by atoms with Crippen molar-refractivity contribution < 1.29 is 5.11 Å². The second-order valence-electron chi connectivity index (χ2n) is 3.46. The summed E-state index contributed by atoms with van der Waals surface area (Å²) in [4.78, 5) is 16.3. The topological polar surface area (TPSA) is 80.9 Å². The maximum Gasteiger partial charge on any atom is 0.323 e. The molecule has 2 rings (SSSR count). The van der Waals surface area contributed by atoms with Gasteiger partial charge in [-0.1, -0.05) is 6.07 Å². The number of rotatable bonds is 3. The van der Waals surface area contributed by atoms with Gasteiger partial charge in [-0.3, -0.25) is 0 Å². The zero-order chi connectivity index (χ0) is 10.8. The zero-order valence-electron chi connectivity index (χ0n) is 8.37. The summed E-state index contributed by atoms with van der Waals surface area (Å²) < 4.78 is 0. The Morgan fingerprint density at radius 3 is 2.87 bits per heavy atom. The summed E-state index contributed by atoms with van der Waals surface area (Å²) in [6.07, 6.45) is -0.558. The number of hydrogen-bond donors (Lipinski definition) is 4. The van der Waals surface area contributed by atoms with E-state index in [1.165, 1.54) is 0 Å². The highest BCUT2D eigenvalue weighted by Crippen LogP contribution is 2.16. The quantitative estimate of drug-likeness (QED) is 0.576. The van der Waals surface area contributed by atoms with Crippen molar-refractivity contribution in [2.24, 2.45) is 0 Å². The van der Waals surface area contributed by atoms with Gasteiger partial charge in [0.15, 0.2) is 0 Å². The molecule has 15 heavy (non-hydrogen) atoms. The van der Waals surface area contributed by atoms with E-state index in [1.807, 2.05) is 0 Å². The SMILES string of the molecule is CNCC(O)c1ccc2[nH]c(=O)[nH]c2c1. The Balaban J connectivity index is 2.41. The van der Waals surface area contributed by atoms with E-state index < -0.39 is 6.10 Å². The minimum absolute atomic E-state index is 0.231. The normalized spacial score (nSPS) is 13.2. The predicted molar refractivity (Wildman–Crippen MR) is 57.8 cm³/mol. The van der Waals surface area contributed by atoms with Crippen LogP contribution < -0.4 is 11.0 Å². The Bertz CT molecular complexity index is 515. The van der Waals surface area contributed by atoms with Gasteiger partial charge < -0.3 is 20.4 Å². The van der Waals surface area contributed by atoms with Crippen LogP contribution in [0.2, 0.25) is 0 Å². The molecule has 0 saturated heterocycles. The maximum atomic E-state index is 11.0. The number of hydrogen-bond acceptors (Lipinski definition) is 3. The number of aliphatic hydroxyl groups excluding tert-OH is 1. The smallest absolute Gasteiger partial charge is 0.323 e. The molecule has 0 aliphatic carbocycles. The van der Waals surface area contributed by atoms with Crippen LogP contribution in [-0.2, 0) is 0 Å². The van der Waals surface area contributed by atoms with Gasteiger partial charge in [0.1, 0.15) is 0 Å². The molecule has 0 spiro atoms. The number of H-pyrrole nitrogens is 2. The lowest BCUT2D eigenvalue weighted by Crippen LogP contribution is -2.16. The first-order valence-electron chi connectivity index (χ1n) is 4.75. The van der Waals surface area contributed by atoms with E-state index in [9.17, 15) is 9.90 Å². The molecule has 0 aliphatic heterocycles. The molecule has 1 unspecified atom stereocenters. The van der Waals surface area contributed by atoms with Crippen LogP contribution in [0, 0.1) is 0 Å². The second kappa shape index (κ2) is 3.88. The number of aromatic nitrogens is 2. The van der Waals surface area contributed by atoms with Crippen LogP contribution in [0.15, 0.2) is 23.0 Å². The van der Waals surface area contributed by atoms with E-state index in [-0.39, 0.29) is 5.69 Å². The van der Waals surface area contributed by atoms with E-state index >= 15 is 0 Å². The summed E-state index contributed by atoms with van der Waals surface area (Å²) in [5.41, 5.74) is 2.02. The van der Waals surface area contributed by atoms with Crippen molar-refractivity contribution >= 4 is 11.0 Å². The Hall–Kier alpha value is -1.59. The molecule has 5 nitrogen and oxygen atoms in total. The fraction of sp³-hybridized carbons (Fsp3) is 0.300. The van der Waals surface area contributed by atoms with E-state index in [4.69, 9.17) is 0 Å². The van der Waals surface area contributed by atoms with Crippen molar-refractivity contribution in [3.8, 4) is 0 Å². The molecule has 0 saturated carbocycles. The van der Waals surface area contributed by atoms with Crippen molar-refractivity contribution in [1.29, 1.82) is 0 Å². The largest absolute Gasteiger partial charge is 0.387 e. The number of aromatic amines is 2. The summed E-state index contributed by atoms with van der Waals surface area (Å²) >= 11 is 0. The van der Waals surface area contributed by atoms with Gasteiger partial charge in [0, 0.05) is 6.54 Å². The van der Waals surface area contributed by atoms with E-state index in [2.05, 4.69) is 15.3 Å². The molecule has 0 bridgehead atoms. The Kier molecular flexibility index (Phi) is 2.57. The molecule has 2 aromatic rings. The van der Waals surface area contributed by atoms with Crippen molar-refractivity contribution in [3.05, 3.63) is 34.2 Å². The molecular weight excluding hydrogens is 194 g/mol. The molecule has 5 heteroatoms. The highest BCUT2D eigenvalue weighted by molar-refractivity contribution is 5.75. The van der Waals surface area contributed by atoms with E-state index in [0.29, 0.717) is 12.1 Å². The van der Waals surface area contributed by atoms with Gasteiger partial charge in [-0.25, -0.2) is 4.79 Å². The predicted octanol–water partition coefficient (Wildman–Crippen LogP) is 0.109. The van der Waals surface area contributed by atoms with Crippen LogP contribution in [0.3, 0.4) is 0 Å². The summed E-state index contributed by atoms with van der Waals surface area (Å²) in [6, 6.07) is 5.35. The number of nitrogens with one attached hydrogen (secondary N) is 3. The van der Waals surface area contributed by atoms with Gasteiger partial charge >= 0.3 is 5.69 Å². The van der Waals surface area contributed by atoms with Crippen LogP contribution in [0.5, 0.6) is 0 Å². The van der Waals surface area contributed by atoms with Crippen LogP contribution in [0.4, 0.5) is 0 Å². The van der Waals surface area contributed by atoms with Crippen LogP contribution >= 0.6 is 0 Å². The average molecular weight is 207 g/mol. The fourth-order valence-corrected chi connectivity index (χ4v) is 1.57. The third-order valence-corrected chi connectivity index (χ3v) is 2.32. The van der Waals surface area contributed by atoms with Crippen molar-refractivity contribution in [2.75, 3.05) is 13.6 Å². The second-order valence-corrected chi connectivity index (χ2v) is 3.46. The lowest BCUT2D eigenvalue weighted by atomic mass is 10.1.